The zero-order valence-electron chi connectivity index (χ0n) is 13.3. The van der Waals surface area contributed by atoms with E-state index in [1.807, 2.05) is 12.4 Å². The predicted molar refractivity (Wildman–Crippen MR) is 88.9 cm³/mol. The number of aryl methyl sites for hydroxylation is 1. The van der Waals surface area contributed by atoms with Crippen molar-refractivity contribution in [1.82, 2.24) is 14.2 Å². The van der Waals surface area contributed by atoms with Crippen molar-refractivity contribution in [3.8, 4) is 0 Å². The highest BCUT2D eigenvalue weighted by molar-refractivity contribution is 7.90. The van der Waals surface area contributed by atoms with Crippen LogP contribution in [0.3, 0.4) is 0 Å². The molecule has 0 bridgehead atoms. The lowest BCUT2D eigenvalue weighted by molar-refractivity contribution is -0.0769. The van der Waals surface area contributed by atoms with Gasteiger partial charge in [0.05, 0.1) is 35.2 Å². The first-order valence-electron chi connectivity index (χ1n) is 8.29. The largest absolute Gasteiger partial charge is 0.375 e. The molecule has 2 saturated heterocycles. The van der Waals surface area contributed by atoms with Crippen LogP contribution in [-0.2, 0) is 21.3 Å². The molecule has 128 valence electrons. The number of thiazole rings is 1. The summed E-state index contributed by atoms with van der Waals surface area (Å²) < 4.78 is 33.1. The second kappa shape index (κ2) is 6.07. The third-order valence-electron chi connectivity index (χ3n) is 5.10. The summed E-state index contributed by atoms with van der Waals surface area (Å²) >= 11 is 1.68. The maximum atomic E-state index is 12.7. The Kier molecular flexibility index (Phi) is 4.21. The average molecular weight is 358 g/mol. The summed E-state index contributed by atoms with van der Waals surface area (Å²) in [7, 11) is -3.14. The van der Waals surface area contributed by atoms with Crippen molar-refractivity contribution in [3.63, 3.8) is 0 Å². The number of ether oxygens (including phenoxy) is 1. The summed E-state index contributed by atoms with van der Waals surface area (Å²) in [5.74, 6) is 0. The van der Waals surface area contributed by atoms with Gasteiger partial charge in [0.15, 0.2) is 0 Å². The van der Waals surface area contributed by atoms with Gasteiger partial charge in [0.25, 0.3) is 0 Å². The minimum atomic E-state index is -3.14. The van der Waals surface area contributed by atoms with Crippen LogP contribution in [-0.4, -0.2) is 66.2 Å². The molecular weight excluding hydrogens is 334 g/mol. The van der Waals surface area contributed by atoms with Crippen molar-refractivity contribution in [2.75, 3.05) is 26.2 Å². The Morgan fingerprint density at radius 1 is 1.35 bits per heavy atom. The van der Waals surface area contributed by atoms with Gasteiger partial charge in [-0.25, -0.2) is 13.4 Å². The van der Waals surface area contributed by atoms with Crippen molar-refractivity contribution in [3.05, 3.63) is 16.1 Å². The summed E-state index contributed by atoms with van der Waals surface area (Å²) in [5.41, 5.74) is 2.96. The Labute approximate surface area is 141 Å². The number of piperidine rings is 1. The molecule has 3 aliphatic rings. The molecule has 1 aromatic rings. The zero-order valence-corrected chi connectivity index (χ0v) is 15.0. The molecule has 4 rings (SSSR count). The van der Waals surface area contributed by atoms with Gasteiger partial charge >= 0.3 is 0 Å². The first-order chi connectivity index (χ1) is 11.1. The molecular formula is C15H23N3O3S2. The lowest BCUT2D eigenvalue weighted by atomic mass is 10.0. The van der Waals surface area contributed by atoms with Crippen molar-refractivity contribution >= 4 is 21.4 Å². The molecule has 0 amide bonds. The lowest BCUT2D eigenvalue weighted by Crippen LogP contribution is -2.61. The number of sulfonamides is 1. The van der Waals surface area contributed by atoms with E-state index < -0.39 is 10.0 Å². The predicted octanol–water partition coefficient (Wildman–Crippen LogP) is 1.22. The molecule has 1 saturated carbocycles. The number of hydrogen-bond acceptors (Lipinski definition) is 6. The zero-order chi connectivity index (χ0) is 16.0. The summed E-state index contributed by atoms with van der Waals surface area (Å²) in [6.45, 7) is 5.64. The number of morpholine rings is 1. The highest BCUT2D eigenvalue weighted by Crippen LogP contribution is 2.35. The molecule has 0 aromatic carbocycles. The molecule has 0 radical (unpaired) electrons. The van der Waals surface area contributed by atoms with E-state index in [1.165, 1.54) is 4.88 Å². The first-order valence-corrected chi connectivity index (χ1v) is 10.7. The molecule has 1 aromatic heterocycles. The van der Waals surface area contributed by atoms with Crippen LogP contribution in [0.4, 0.5) is 0 Å². The van der Waals surface area contributed by atoms with Crippen LogP contribution in [0.5, 0.6) is 0 Å². The molecule has 0 unspecified atom stereocenters. The van der Waals surface area contributed by atoms with E-state index in [0.717, 1.165) is 44.6 Å². The van der Waals surface area contributed by atoms with Crippen molar-refractivity contribution in [1.29, 1.82) is 0 Å². The maximum Gasteiger partial charge on any atom is 0.217 e. The van der Waals surface area contributed by atoms with Gasteiger partial charge in [-0.2, -0.15) is 4.31 Å². The van der Waals surface area contributed by atoms with Crippen molar-refractivity contribution in [2.24, 2.45) is 0 Å². The fourth-order valence-corrected chi connectivity index (χ4v) is 6.45. The van der Waals surface area contributed by atoms with E-state index in [9.17, 15) is 8.42 Å². The quantitative estimate of drug-likeness (QED) is 0.811. The summed E-state index contributed by atoms with van der Waals surface area (Å²) in [4.78, 5) is 7.94. The van der Waals surface area contributed by atoms with Crippen molar-refractivity contribution in [2.45, 2.75) is 50.1 Å². The number of nitrogens with zero attached hydrogens (tertiary/aromatic N) is 3. The number of hydrogen-bond donors (Lipinski definition) is 0. The number of aromatic nitrogens is 1. The van der Waals surface area contributed by atoms with Gasteiger partial charge in [-0.15, -0.1) is 11.3 Å². The highest BCUT2D eigenvalue weighted by Gasteiger charge is 2.47. The normalized spacial score (nSPS) is 30.3. The smallest absolute Gasteiger partial charge is 0.217 e. The third kappa shape index (κ3) is 3.07. The second-order valence-corrected chi connectivity index (χ2v) is 9.82. The SMILES string of the molecule is Cc1ncsc1CN1CC[C@H]2OCCN(S(=O)(=O)C3CC3)[C@@H]2C1. The molecule has 0 spiro atoms. The Morgan fingerprint density at radius 2 is 2.17 bits per heavy atom. The van der Waals surface area contributed by atoms with Gasteiger partial charge in [0, 0.05) is 31.1 Å². The summed E-state index contributed by atoms with van der Waals surface area (Å²) in [5, 5.41) is -0.139. The van der Waals surface area contributed by atoms with E-state index in [-0.39, 0.29) is 17.4 Å². The Hall–Kier alpha value is -0.540. The maximum absolute atomic E-state index is 12.7. The van der Waals surface area contributed by atoms with Gasteiger partial charge in [0.1, 0.15) is 0 Å². The standard InChI is InChI=1S/C15H23N3O3S2/c1-11-15(22-10-16-11)9-17-5-4-14-13(8-17)18(6-7-21-14)23(19,20)12-2-3-12/h10,12-14H,2-9H2,1H3/t13-,14-/m1/s1. The third-order valence-corrected chi connectivity index (χ3v) is 8.44. The van der Waals surface area contributed by atoms with E-state index in [2.05, 4.69) is 9.88 Å². The molecule has 1 aliphatic carbocycles. The Bertz CT molecular complexity index is 671. The second-order valence-electron chi connectivity index (χ2n) is 6.72. The van der Waals surface area contributed by atoms with Crippen LogP contribution in [0.15, 0.2) is 5.51 Å². The van der Waals surface area contributed by atoms with E-state index in [1.54, 1.807) is 15.6 Å². The summed E-state index contributed by atoms with van der Waals surface area (Å²) in [6, 6.07) is -0.0312. The fraction of sp³-hybridized carbons (Fsp3) is 0.800. The van der Waals surface area contributed by atoms with Crippen LogP contribution < -0.4 is 0 Å². The van der Waals surface area contributed by atoms with Crippen LogP contribution in [0, 0.1) is 6.92 Å². The Balaban J connectivity index is 1.50. The monoisotopic (exact) mass is 357 g/mol. The lowest BCUT2D eigenvalue weighted by Gasteiger charge is -2.46. The van der Waals surface area contributed by atoms with Gasteiger partial charge in [-0.1, -0.05) is 0 Å². The van der Waals surface area contributed by atoms with Gasteiger partial charge in [-0.3, -0.25) is 4.90 Å². The molecule has 3 fully saturated rings. The highest BCUT2D eigenvalue weighted by atomic mass is 32.2. The minimum absolute atomic E-state index is 0.0312. The van der Waals surface area contributed by atoms with Crippen LogP contribution in [0.2, 0.25) is 0 Å². The van der Waals surface area contributed by atoms with E-state index >= 15 is 0 Å². The van der Waals surface area contributed by atoms with Crippen LogP contribution in [0.1, 0.15) is 29.8 Å². The number of rotatable bonds is 4. The molecule has 2 aliphatic heterocycles. The van der Waals surface area contributed by atoms with Gasteiger partial charge < -0.3 is 4.74 Å². The minimum Gasteiger partial charge on any atom is -0.375 e. The topological polar surface area (TPSA) is 62.7 Å². The summed E-state index contributed by atoms with van der Waals surface area (Å²) in [6.07, 6.45) is 2.59. The number of likely N-dealkylation sites (tertiary alicyclic amines) is 1. The van der Waals surface area contributed by atoms with Crippen LogP contribution >= 0.6 is 11.3 Å². The molecule has 0 N–H and O–H groups in total. The van der Waals surface area contributed by atoms with Gasteiger partial charge in [0.2, 0.25) is 10.0 Å². The van der Waals surface area contributed by atoms with Crippen molar-refractivity contribution < 1.29 is 13.2 Å². The average Bonchev–Trinajstić information content (AvgIpc) is 3.33. The molecule has 23 heavy (non-hydrogen) atoms. The molecule has 3 heterocycles. The van der Waals surface area contributed by atoms with Crippen LogP contribution in [0.25, 0.3) is 0 Å². The van der Waals surface area contributed by atoms with E-state index in [4.69, 9.17) is 4.74 Å². The fourth-order valence-electron chi connectivity index (χ4n) is 3.60. The van der Waals surface area contributed by atoms with E-state index in [0.29, 0.717) is 13.2 Å². The first kappa shape index (κ1) is 16.0. The molecule has 2 atom stereocenters. The molecule has 6 nitrogen and oxygen atoms in total. The van der Waals surface area contributed by atoms with Gasteiger partial charge in [-0.05, 0) is 26.2 Å². The Morgan fingerprint density at radius 3 is 2.87 bits per heavy atom. The number of fused-ring (bicyclic) bond motifs is 1. The molecule has 8 heteroatoms.